The van der Waals surface area contributed by atoms with Crippen LogP contribution in [0, 0.1) is 11.3 Å². The Morgan fingerprint density at radius 1 is 1.35 bits per heavy atom. The largest absolute Gasteiger partial charge is 0.316 e. The minimum atomic E-state index is 0. The summed E-state index contributed by atoms with van der Waals surface area (Å²) in [7, 11) is 0. The Hall–Kier alpha value is -0.650. The zero-order chi connectivity index (χ0) is 13.1. The second-order valence-corrected chi connectivity index (χ2v) is 6.58. The van der Waals surface area contributed by atoms with Crippen LogP contribution in [0.5, 0.6) is 0 Å². The number of halogens is 1. The maximum Gasteiger partial charge on any atom is 0.0692 e. The van der Waals surface area contributed by atoms with E-state index in [1.165, 1.54) is 52.0 Å². The SMILES string of the molecule is CC1(CN2CCC(Cn3ccnn3)CC2)CCNC1.Cl. The van der Waals surface area contributed by atoms with E-state index in [0.29, 0.717) is 5.41 Å². The van der Waals surface area contributed by atoms with Crippen molar-refractivity contribution >= 4 is 12.4 Å². The van der Waals surface area contributed by atoms with Crippen LogP contribution in [0.15, 0.2) is 12.4 Å². The van der Waals surface area contributed by atoms with Gasteiger partial charge in [0.2, 0.25) is 0 Å². The smallest absolute Gasteiger partial charge is 0.0692 e. The second-order valence-electron chi connectivity index (χ2n) is 6.58. The predicted octanol–water partition coefficient (Wildman–Crippen LogP) is 1.41. The molecule has 0 spiro atoms. The summed E-state index contributed by atoms with van der Waals surface area (Å²) in [5, 5.41) is 11.4. The molecule has 1 atom stereocenters. The van der Waals surface area contributed by atoms with Crippen molar-refractivity contribution in [1.82, 2.24) is 25.2 Å². The third-order valence-corrected chi connectivity index (χ3v) is 4.69. The molecule has 0 saturated carbocycles. The van der Waals surface area contributed by atoms with Crippen molar-refractivity contribution in [2.24, 2.45) is 11.3 Å². The van der Waals surface area contributed by atoms with Gasteiger partial charge < -0.3 is 10.2 Å². The standard InChI is InChI=1S/C14H25N5.ClH/c1-14(4-5-15-11-14)12-18-7-2-13(3-8-18)10-19-9-6-16-17-19;/h6,9,13,15H,2-5,7-8,10-12H2,1H3;1H. The second kappa shape index (κ2) is 6.87. The first-order valence-electron chi connectivity index (χ1n) is 7.51. The van der Waals surface area contributed by atoms with Crippen molar-refractivity contribution in [2.45, 2.75) is 32.7 Å². The van der Waals surface area contributed by atoms with E-state index in [0.717, 1.165) is 12.5 Å². The highest BCUT2D eigenvalue weighted by molar-refractivity contribution is 5.85. The van der Waals surface area contributed by atoms with Gasteiger partial charge in [0, 0.05) is 25.8 Å². The molecule has 6 heteroatoms. The Kier molecular flexibility index (Phi) is 5.41. The normalized spacial score (nSPS) is 28.4. The maximum atomic E-state index is 4.07. The summed E-state index contributed by atoms with van der Waals surface area (Å²) in [4.78, 5) is 2.66. The van der Waals surface area contributed by atoms with Crippen molar-refractivity contribution in [1.29, 1.82) is 0 Å². The lowest BCUT2D eigenvalue weighted by atomic mass is 9.87. The number of rotatable bonds is 4. The summed E-state index contributed by atoms with van der Waals surface area (Å²) in [6.45, 7) is 9.59. The molecule has 114 valence electrons. The van der Waals surface area contributed by atoms with Crippen LogP contribution in [-0.4, -0.2) is 52.6 Å². The highest BCUT2D eigenvalue weighted by Gasteiger charge is 2.32. The van der Waals surface area contributed by atoms with E-state index in [1.54, 1.807) is 6.20 Å². The zero-order valence-electron chi connectivity index (χ0n) is 12.3. The first-order valence-corrected chi connectivity index (χ1v) is 7.51. The molecule has 0 bridgehead atoms. The van der Waals surface area contributed by atoms with Crippen LogP contribution in [0.25, 0.3) is 0 Å². The minimum absolute atomic E-state index is 0. The summed E-state index contributed by atoms with van der Waals surface area (Å²) in [5.74, 6) is 0.771. The number of nitrogens with one attached hydrogen (secondary N) is 1. The quantitative estimate of drug-likeness (QED) is 0.913. The molecule has 2 fully saturated rings. The fraction of sp³-hybridized carbons (Fsp3) is 0.857. The Morgan fingerprint density at radius 2 is 2.15 bits per heavy atom. The lowest BCUT2D eigenvalue weighted by Crippen LogP contribution is -2.42. The molecule has 0 amide bonds. The van der Waals surface area contributed by atoms with Crippen LogP contribution in [-0.2, 0) is 6.54 Å². The monoisotopic (exact) mass is 299 g/mol. The van der Waals surface area contributed by atoms with Gasteiger partial charge in [-0.3, -0.25) is 4.68 Å². The van der Waals surface area contributed by atoms with Crippen molar-refractivity contribution in [2.75, 3.05) is 32.7 Å². The molecular formula is C14H26ClN5. The third-order valence-electron chi connectivity index (χ3n) is 4.69. The number of nitrogens with zero attached hydrogens (tertiary/aromatic N) is 4. The number of likely N-dealkylation sites (tertiary alicyclic amines) is 1. The molecule has 5 nitrogen and oxygen atoms in total. The average Bonchev–Trinajstić information content (AvgIpc) is 3.04. The van der Waals surface area contributed by atoms with Gasteiger partial charge in [0.25, 0.3) is 0 Å². The molecule has 0 aromatic carbocycles. The van der Waals surface area contributed by atoms with E-state index >= 15 is 0 Å². The van der Waals surface area contributed by atoms with Gasteiger partial charge in [0.05, 0.1) is 6.20 Å². The van der Waals surface area contributed by atoms with Crippen LogP contribution in [0.1, 0.15) is 26.2 Å². The van der Waals surface area contributed by atoms with Gasteiger partial charge in [-0.2, -0.15) is 0 Å². The topological polar surface area (TPSA) is 46.0 Å². The number of piperidine rings is 1. The predicted molar refractivity (Wildman–Crippen MR) is 82.0 cm³/mol. The van der Waals surface area contributed by atoms with Crippen LogP contribution in [0.2, 0.25) is 0 Å². The van der Waals surface area contributed by atoms with Gasteiger partial charge in [-0.05, 0) is 50.2 Å². The van der Waals surface area contributed by atoms with E-state index < -0.39 is 0 Å². The Bertz CT molecular complexity index is 380. The fourth-order valence-electron chi connectivity index (χ4n) is 3.47. The molecule has 0 radical (unpaired) electrons. The van der Waals surface area contributed by atoms with Gasteiger partial charge in [0.1, 0.15) is 0 Å². The molecule has 2 aliphatic heterocycles. The summed E-state index contributed by atoms with van der Waals surface area (Å²) in [5.41, 5.74) is 0.499. The molecule has 1 N–H and O–H groups in total. The van der Waals surface area contributed by atoms with Gasteiger partial charge in [-0.1, -0.05) is 12.1 Å². The van der Waals surface area contributed by atoms with E-state index in [1.807, 2.05) is 10.9 Å². The van der Waals surface area contributed by atoms with Crippen molar-refractivity contribution in [3.05, 3.63) is 12.4 Å². The van der Waals surface area contributed by atoms with Crippen molar-refractivity contribution < 1.29 is 0 Å². The van der Waals surface area contributed by atoms with E-state index in [4.69, 9.17) is 0 Å². The molecule has 3 rings (SSSR count). The molecule has 20 heavy (non-hydrogen) atoms. The van der Waals surface area contributed by atoms with Gasteiger partial charge in [-0.15, -0.1) is 17.5 Å². The molecule has 1 unspecified atom stereocenters. The van der Waals surface area contributed by atoms with Gasteiger partial charge in [0.15, 0.2) is 0 Å². The van der Waals surface area contributed by atoms with Gasteiger partial charge in [-0.25, -0.2) is 0 Å². The zero-order valence-corrected chi connectivity index (χ0v) is 13.1. The molecule has 1 aromatic heterocycles. The third kappa shape index (κ3) is 3.93. The number of aromatic nitrogens is 3. The molecular weight excluding hydrogens is 274 g/mol. The average molecular weight is 300 g/mol. The summed E-state index contributed by atoms with van der Waals surface area (Å²) < 4.78 is 1.97. The summed E-state index contributed by atoms with van der Waals surface area (Å²) in [6, 6.07) is 0. The molecule has 2 aliphatic rings. The van der Waals surface area contributed by atoms with Crippen LogP contribution < -0.4 is 5.32 Å². The number of hydrogen-bond acceptors (Lipinski definition) is 4. The van der Waals surface area contributed by atoms with E-state index in [9.17, 15) is 0 Å². The lowest BCUT2D eigenvalue weighted by Gasteiger charge is -2.37. The molecule has 1 aromatic rings. The first-order chi connectivity index (χ1) is 9.23. The molecule has 3 heterocycles. The summed E-state index contributed by atoms with van der Waals surface area (Å²) >= 11 is 0. The van der Waals surface area contributed by atoms with Crippen LogP contribution in [0.4, 0.5) is 0 Å². The highest BCUT2D eigenvalue weighted by Crippen LogP contribution is 2.28. The molecule has 0 aliphatic carbocycles. The van der Waals surface area contributed by atoms with Crippen LogP contribution in [0.3, 0.4) is 0 Å². The van der Waals surface area contributed by atoms with E-state index in [-0.39, 0.29) is 12.4 Å². The lowest BCUT2D eigenvalue weighted by molar-refractivity contribution is 0.121. The van der Waals surface area contributed by atoms with E-state index in [2.05, 4.69) is 27.5 Å². The summed E-state index contributed by atoms with van der Waals surface area (Å²) in [6.07, 6.45) is 7.65. The Labute approximate surface area is 127 Å². The maximum absolute atomic E-state index is 4.07. The minimum Gasteiger partial charge on any atom is -0.316 e. The van der Waals surface area contributed by atoms with Gasteiger partial charge >= 0.3 is 0 Å². The Morgan fingerprint density at radius 3 is 2.75 bits per heavy atom. The number of hydrogen-bond donors (Lipinski definition) is 1. The van der Waals surface area contributed by atoms with Crippen LogP contribution >= 0.6 is 12.4 Å². The first kappa shape index (κ1) is 15.7. The highest BCUT2D eigenvalue weighted by atomic mass is 35.5. The van der Waals surface area contributed by atoms with Crippen molar-refractivity contribution in [3.8, 4) is 0 Å². The Balaban J connectivity index is 0.00000147. The van der Waals surface area contributed by atoms with Crippen molar-refractivity contribution in [3.63, 3.8) is 0 Å². The molecule has 2 saturated heterocycles. The fourth-order valence-corrected chi connectivity index (χ4v) is 3.47.